The van der Waals surface area contributed by atoms with Gasteiger partial charge >= 0.3 is 0 Å². The van der Waals surface area contributed by atoms with Crippen LogP contribution in [0.2, 0.25) is 0 Å². The van der Waals surface area contributed by atoms with Gasteiger partial charge in [0.1, 0.15) is 6.10 Å². The van der Waals surface area contributed by atoms with Crippen LogP contribution in [0.5, 0.6) is 5.75 Å². The van der Waals surface area contributed by atoms with E-state index in [1.54, 1.807) is 11.3 Å². The average molecular weight is 170 g/mol. The van der Waals surface area contributed by atoms with Crippen molar-refractivity contribution in [1.29, 1.82) is 0 Å². The quantitative estimate of drug-likeness (QED) is 0.602. The molecule has 1 aromatic rings. The normalized spacial score (nSPS) is 22.5. The number of thiophene rings is 1. The van der Waals surface area contributed by atoms with E-state index in [0.717, 1.165) is 18.6 Å². The Labute approximate surface area is 69.7 Å². The molecule has 3 heteroatoms. The predicted octanol–water partition coefficient (Wildman–Crippen LogP) is 2.39. The van der Waals surface area contributed by atoms with E-state index in [-0.39, 0.29) is 6.10 Å². The first-order chi connectivity index (χ1) is 5.40. The Morgan fingerprint density at radius 1 is 1.64 bits per heavy atom. The lowest BCUT2D eigenvalue weighted by Gasteiger charge is -2.19. The Hall–Kier alpha value is -0.540. The van der Waals surface area contributed by atoms with Crippen LogP contribution in [0.4, 0.5) is 0 Å². The molecular formula is C8H10O2S. The molecule has 1 unspecified atom stereocenters. The van der Waals surface area contributed by atoms with Crippen molar-refractivity contribution in [3.63, 3.8) is 0 Å². The molecule has 0 amide bonds. The second-order valence-electron chi connectivity index (χ2n) is 2.68. The van der Waals surface area contributed by atoms with Crippen LogP contribution in [-0.2, 0) is 11.3 Å². The van der Waals surface area contributed by atoms with Crippen molar-refractivity contribution >= 4 is 11.3 Å². The highest BCUT2D eigenvalue weighted by atomic mass is 32.1. The fraction of sp³-hybridized carbons (Fsp3) is 0.500. The van der Waals surface area contributed by atoms with E-state index >= 15 is 0 Å². The van der Waals surface area contributed by atoms with Gasteiger partial charge in [-0.2, -0.15) is 4.89 Å². The van der Waals surface area contributed by atoms with E-state index in [1.165, 1.54) is 5.56 Å². The number of fused-ring (bicyclic) bond motifs is 1. The van der Waals surface area contributed by atoms with Gasteiger partial charge in [0.25, 0.3) is 0 Å². The van der Waals surface area contributed by atoms with Crippen molar-refractivity contribution in [2.75, 3.05) is 0 Å². The predicted molar refractivity (Wildman–Crippen MR) is 43.8 cm³/mol. The molecule has 11 heavy (non-hydrogen) atoms. The minimum absolute atomic E-state index is 0.247. The summed E-state index contributed by atoms with van der Waals surface area (Å²) >= 11 is 1.66. The zero-order valence-electron chi connectivity index (χ0n) is 6.37. The molecule has 0 aromatic carbocycles. The maximum Gasteiger partial charge on any atom is 0.179 e. The molecule has 0 fully saturated rings. The van der Waals surface area contributed by atoms with Gasteiger partial charge in [-0.05, 0) is 11.8 Å². The van der Waals surface area contributed by atoms with Gasteiger partial charge in [0, 0.05) is 17.4 Å². The number of hydrogen-bond acceptors (Lipinski definition) is 3. The second kappa shape index (κ2) is 2.83. The molecule has 0 radical (unpaired) electrons. The van der Waals surface area contributed by atoms with Crippen molar-refractivity contribution in [3.8, 4) is 5.75 Å². The monoisotopic (exact) mass is 170 g/mol. The van der Waals surface area contributed by atoms with Crippen LogP contribution in [0, 0.1) is 0 Å². The maximum atomic E-state index is 5.12. The van der Waals surface area contributed by atoms with Gasteiger partial charge in [-0.25, -0.2) is 0 Å². The molecule has 1 aromatic heterocycles. The minimum Gasteiger partial charge on any atom is -0.336 e. The zero-order chi connectivity index (χ0) is 7.68. The highest BCUT2D eigenvalue weighted by Gasteiger charge is 2.20. The summed E-state index contributed by atoms with van der Waals surface area (Å²) in [5.41, 5.74) is 1.29. The van der Waals surface area contributed by atoms with E-state index in [2.05, 4.69) is 12.3 Å². The van der Waals surface area contributed by atoms with E-state index in [0.29, 0.717) is 0 Å². The molecule has 2 heterocycles. The molecular weight excluding hydrogens is 160 g/mol. The summed E-state index contributed by atoms with van der Waals surface area (Å²) in [6, 6.07) is 0. The van der Waals surface area contributed by atoms with Crippen LogP contribution in [0.25, 0.3) is 0 Å². The standard InChI is InChI=1S/C8H10O2S/c1-2-7-3-6-4-11-5-8(6)10-9-7/h4-5,7H,2-3H2,1H3. The molecule has 1 aliphatic rings. The summed E-state index contributed by atoms with van der Waals surface area (Å²) < 4.78 is 0. The molecule has 2 nitrogen and oxygen atoms in total. The molecule has 1 aliphatic heterocycles. The van der Waals surface area contributed by atoms with Gasteiger partial charge in [-0.3, -0.25) is 0 Å². The molecule has 0 spiro atoms. The third-order valence-electron chi connectivity index (χ3n) is 1.88. The maximum absolute atomic E-state index is 5.12. The van der Waals surface area contributed by atoms with E-state index < -0.39 is 0 Å². The first-order valence-corrected chi connectivity index (χ1v) is 4.73. The minimum atomic E-state index is 0.247. The third-order valence-corrected chi connectivity index (χ3v) is 2.65. The highest BCUT2D eigenvalue weighted by Crippen LogP contribution is 2.30. The van der Waals surface area contributed by atoms with Crippen LogP contribution < -0.4 is 4.89 Å². The molecule has 1 atom stereocenters. The van der Waals surface area contributed by atoms with Gasteiger partial charge in [-0.1, -0.05) is 6.92 Å². The second-order valence-corrected chi connectivity index (χ2v) is 3.42. The van der Waals surface area contributed by atoms with Gasteiger partial charge in [0.2, 0.25) is 0 Å². The summed E-state index contributed by atoms with van der Waals surface area (Å²) in [6.45, 7) is 2.10. The Morgan fingerprint density at radius 2 is 2.55 bits per heavy atom. The lowest BCUT2D eigenvalue weighted by Crippen LogP contribution is -2.21. The van der Waals surface area contributed by atoms with Crippen LogP contribution >= 0.6 is 11.3 Å². The van der Waals surface area contributed by atoms with Gasteiger partial charge in [-0.15, -0.1) is 11.3 Å². The van der Waals surface area contributed by atoms with Crippen LogP contribution in [-0.4, -0.2) is 6.10 Å². The summed E-state index contributed by atoms with van der Waals surface area (Å²) in [5, 5.41) is 4.10. The largest absolute Gasteiger partial charge is 0.336 e. The SMILES string of the molecule is CCC1Cc2cscc2OO1. The van der Waals surface area contributed by atoms with E-state index in [1.807, 2.05) is 5.38 Å². The molecule has 0 saturated heterocycles. The topological polar surface area (TPSA) is 18.5 Å². The lowest BCUT2D eigenvalue weighted by atomic mass is 10.1. The number of hydrogen-bond donors (Lipinski definition) is 0. The first kappa shape index (κ1) is 7.13. The number of rotatable bonds is 1. The molecule has 0 N–H and O–H groups in total. The summed E-state index contributed by atoms with van der Waals surface area (Å²) in [5.74, 6) is 0.903. The fourth-order valence-electron chi connectivity index (χ4n) is 1.15. The van der Waals surface area contributed by atoms with Crippen molar-refractivity contribution in [2.45, 2.75) is 25.9 Å². The van der Waals surface area contributed by atoms with Gasteiger partial charge in [0.05, 0.1) is 0 Å². The average Bonchev–Trinajstić information content (AvgIpc) is 2.50. The Morgan fingerprint density at radius 3 is 3.36 bits per heavy atom. The summed E-state index contributed by atoms with van der Waals surface area (Å²) in [4.78, 5) is 10.2. The molecule has 0 aliphatic carbocycles. The first-order valence-electron chi connectivity index (χ1n) is 3.78. The highest BCUT2D eigenvalue weighted by molar-refractivity contribution is 7.08. The van der Waals surface area contributed by atoms with Gasteiger partial charge < -0.3 is 4.89 Å². The Kier molecular flexibility index (Phi) is 1.84. The van der Waals surface area contributed by atoms with Gasteiger partial charge in [0.15, 0.2) is 5.75 Å². The van der Waals surface area contributed by atoms with Crippen molar-refractivity contribution in [3.05, 3.63) is 16.3 Å². The fourth-order valence-corrected chi connectivity index (χ4v) is 1.90. The zero-order valence-corrected chi connectivity index (χ0v) is 7.19. The molecule has 60 valence electrons. The summed E-state index contributed by atoms with van der Waals surface area (Å²) in [6.07, 6.45) is 2.25. The third kappa shape index (κ3) is 1.26. The lowest BCUT2D eigenvalue weighted by molar-refractivity contribution is -0.254. The van der Waals surface area contributed by atoms with Crippen LogP contribution in [0.1, 0.15) is 18.9 Å². The smallest absolute Gasteiger partial charge is 0.179 e. The summed E-state index contributed by atoms with van der Waals surface area (Å²) in [7, 11) is 0. The molecule has 2 rings (SSSR count). The van der Waals surface area contributed by atoms with Crippen LogP contribution in [0.3, 0.4) is 0 Å². The Bertz CT molecular complexity index is 244. The van der Waals surface area contributed by atoms with Crippen molar-refractivity contribution < 1.29 is 9.78 Å². The molecule has 0 saturated carbocycles. The van der Waals surface area contributed by atoms with E-state index in [4.69, 9.17) is 9.78 Å². The van der Waals surface area contributed by atoms with Crippen molar-refractivity contribution in [2.24, 2.45) is 0 Å². The molecule has 0 bridgehead atoms. The van der Waals surface area contributed by atoms with Crippen LogP contribution in [0.15, 0.2) is 10.8 Å². The van der Waals surface area contributed by atoms with E-state index in [9.17, 15) is 0 Å². The van der Waals surface area contributed by atoms with Crippen molar-refractivity contribution in [1.82, 2.24) is 0 Å². The Balaban J connectivity index is 2.18.